The highest BCUT2D eigenvalue weighted by molar-refractivity contribution is 6.31. The van der Waals surface area contributed by atoms with Gasteiger partial charge in [0.15, 0.2) is 0 Å². The first-order valence-corrected chi connectivity index (χ1v) is 9.50. The van der Waals surface area contributed by atoms with E-state index in [1.54, 1.807) is 0 Å². The highest BCUT2D eigenvalue weighted by Gasteiger charge is 2.34. The average molecular weight is 370 g/mol. The first-order chi connectivity index (χ1) is 12.4. The minimum atomic E-state index is -0.417. The zero-order valence-electron chi connectivity index (χ0n) is 15.7. The van der Waals surface area contributed by atoms with Gasteiger partial charge in [-0.05, 0) is 62.6 Å². The molecule has 2 aromatic rings. The predicted molar refractivity (Wildman–Crippen MR) is 108 cm³/mol. The molecule has 0 saturated heterocycles. The van der Waals surface area contributed by atoms with Crippen molar-refractivity contribution in [2.45, 2.75) is 45.9 Å². The fourth-order valence-corrected chi connectivity index (χ4v) is 4.13. The van der Waals surface area contributed by atoms with Crippen LogP contribution in [-0.2, 0) is 4.74 Å². The Morgan fingerprint density at radius 2 is 2.00 bits per heavy atom. The molecule has 2 aromatic carbocycles. The molecular weight excluding hydrogens is 346 g/mol. The lowest BCUT2D eigenvalue weighted by Crippen LogP contribution is -2.32. The number of rotatable bonds is 3. The van der Waals surface area contributed by atoms with Gasteiger partial charge in [0, 0.05) is 27.4 Å². The van der Waals surface area contributed by atoms with Crippen molar-refractivity contribution in [2.75, 3.05) is 11.9 Å². The molecule has 1 atom stereocenters. The summed E-state index contributed by atoms with van der Waals surface area (Å²) in [6, 6.07) is 10.1. The van der Waals surface area contributed by atoms with Crippen molar-refractivity contribution < 1.29 is 9.47 Å². The third kappa shape index (κ3) is 2.89. The zero-order chi connectivity index (χ0) is 18.5. The molecule has 26 heavy (non-hydrogen) atoms. The van der Waals surface area contributed by atoms with Gasteiger partial charge in [0.2, 0.25) is 6.29 Å². The molecule has 0 saturated carbocycles. The molecule has 4 rings (SSSR count). The minimum Gasteiger partial charge on any atom is -0.460 e. The van der Waals surface area contributed by atoms with E-state index in [4.69, 9.17) is 21.1 Å². The van der Waals surface area contributed by atoms with Crippen molar-refractivity contribution >= 4 is 22.9 Å². The standard InChI is InChI=1S/C22H24ClNO2/c1-5-10-25-21-20-15(16-11-14(23)6-9-18(16)26-21)7-8-17-19(20)13(2)12-22(3,4)24-17/h6-9,11-12,21,24H,5,10H2,1-4H3/t21-/m1/s1. The molecule has 0 amide bonds. The Hall–Kier alpha value is -1.97. The molecule has 4 heteroatoms. The molecule has 2 aliphatic rings. The molecule has 2 aliphatic heterocycles. The van der Waals surface area contributed by atoms with Crippen molar-refractivity contribution in [3.8, 4) is 16.9 Å². The monoisotopic (exact) mass is 369 g/mol. The Balaban J connectivity index is 1.95. The highest BCUT2D eigenvalue weighted by atomic mass is 35.5. The number of halogens is 1. The lowest BCUT2D eigenvalue weighted by Gasteiger charge is -2.36. The van der Waals surface area contributed by atoms with Gasteiger partial charge in [-0.25, -0.2) is 0 Å². The number of allylic oxidation sites excluding steroid dienone is 1. The molecule has 2 heterocycles. The van der Waals surface area contributed by atoms with Gasteiger partial charge in [-0.2, -0.15) is 0 Å². The van der Waals surface area contributed by atoms with Gasteiger partial charge < -0.3 is 14.8 Å². The number of hydrogen-bond acceptors (Lipinski definition) is 3. The molecule has 0 bridgehead atoms. The fourth-order valence-electron chi connectivity index (χ4n) is 3.96. The fraction of sp³-hybridized carbons (Fsp3) is 0.364. The van der Waals surface area contributed by atoms with Crippen LogP contribution in [0.15, 0.2) is 36.4 Å². The minimum absolute atomic E-state index is 0.0815. The Morgan fingerprint density at radius 3 is 2.77 bits per heavy atom. The largest absolute Gasteiger partial charge is 0.460 e. The van der Waals surface area contributed by atoms with Crippen LogP contribution in [0, 0.1) is 0 Å². The van der Waals surface area contributed by atoms with Crippen molar-refractivity contribution in [1.82, 2.24) is 0 Å². The van der Waals surface area contributed by atoms with E-state index in [1.165, 1.54) is 11.1 Å². The lowest BCUT2D eigenvalue weighted by molar-refractivity contribution is -0.0848. The quantitative estimate of drug-likeness (QED) is 0.675. The van der Waals surface area contributed by atoms with E-state index in [1.807, 2.05) is 18.2 Å². The molecule has 0 fully saturated rings. The summed E-state index contributed by atoms with van der Waals surface area (Å²) in [5.74, 6) is 0.814. The van der Waals surface area contributed by atoms with Gasteiger partial charge in [-0.3, -0.25) is 0 Å². The summed E-state index contributed by atoms with van der Waals surface area (Å²) in [5, 5.41) is 4.32. The van der Waals surface area contributed by atoms with Crippen LogP contribution in [0.1, 0.15) is 51.5 Å². The van der Waals surface area contributed by atoms with E-state index in [-0.39, 0.29) is 5.54 Å². The van der Waals surface area contributed by atoms with Crippen LogP contribution in [0.2, 0.25) is 5.02 Å². The summed E-state index contributed by atoms with van der Waals surface area (Å²) in [4.78, 5) is 0. The average Bonchev–Trinajstić information content (AvgIpc) is 2.58. The number of hydrogen-bond donors (Lipinski definition) is 1. The van der Waals surface area contributed by atoms with Crippen LogP contribution < -0.4 is 10.1 Å². The number of ether oxygens (including phenoxy) is 2. The summed E-state index contributed by atoms with van der Waals surface area (Å²) >= 11 is 6.26. The van der Waals surface area contributed by atoms with Crippen LogP contribution in [-0.4, -0.2) is 12.1 Å². The normalized spacial score (nSPS) is 19.4. The second-order valence-electron chi connectivity index (χ2n) is 7.58. The highest BCUT2D eigenvalue weighted by Crippen LogP contribution is 2.49. The van der Waals surface area contributed by atoms with Crippen LogP contribution in [0.3, 0.4) is 0 Å². The molecule has 0 aliphatic carbocycles. The molecule has 3 nitrogen and oxygen atoms in total. The summed E-state index contributed by atoms with van der Waals surface area (Å²) in [7, 11) is 0. The van der Waals surface area contributed by atoms with Gasteiger partial charge in [0.05, 0.1) is 12.1 Å². The van der Waals surface area contributed by atoms with E-state index in [9.17, 15) is 0 Å². The van der Waals surface area contributed by atoms with Crippen LogP contribution in [0.5, 0.6) is 5.75 Å². The van der Waals surface area contributed by atoms with E-state index in [0.717, 1.165) is 34.5 Å². The maximum absolute atomic E-state index is 6.26. The van der Waals surface area contributed by atoms with E-state index in [2.05, 4.69) is 51.2 Å². The van der Waals surface area contributed by atoms with Crippen molar-refractivity contribution in [3.05, 3.63) is 52.6 Å². The van der Waals surface area contributed by atoms with Crippen molar-refractivity contribution in [1.29, 1.82) is 0 Å². The van der Waals surface area contributed by atoms with Crippen molar-refractivity contribution in [3.63, 3.8) is 0 Å². The second-order valence-corrected chi connectivity index (χ2v) is 8.02. The Labute approximate surface area is 160 Å². The Bertz CT molecular complexity index is 901. The number of anilines is 1. The molecule has 0 spiro atoms. The second kappa shape index (κ2) is 6.33. The Kier molecular flexibility index (Phi) is 4.25. The summed E-state index contributed by atoms with van der Waals surface area (Å²) in [5.41, 5.74) is 6.68. The molecule has 0 unspecified atom stereocenters. The molecule has 0 aromatic heterocycles. The smallest absolute Gasteiger partial charge is 0.228 e. The summed E-state index contributed by atoms with van der Waals surface area (Å²) in [6.07, 6.45) is 2.79. The maximum Gasteiger partial charge on any atom is 0.228 e. The van der Waals surface area contributed by atoms with Gasteiger partial charge in [0.25, 0.3) is 0 Å². The molecule has 136 valence electrons. The van der Waals surface area contributed by atoms with Crippen molar-refractivity contribution in [2.24, 2.45) is 0 Å². The molecule has 1 N–H and O–H groups in total. The predicted octanol–water partition coefficient (Wildman–Crippen LogP) is 6.43. The number of nitrogens with one attached hydrogen (secondary N) is 1. The van der Waals surface area contributed by atoms with Crippen LogP contribution in [0.25, 0.3) is 16.7 Å². The topological polar surface area (TPSA) is 30.5 Å². The first-order valence-electron chi connectivity index (χ1n) is 9.13. The third-order valence-corrected chi connectivity index (χ3v) is 5.08. The van der Waals surface area contributed by atoms with Gasteiger partial charge in [-0.1, -0.05) is 30.7 Å². The third-order valence-electron chi connectivity index (χ3n) is 4.85. The summed E-state index contributed by atoms with van der Waals surface area (Å²) < 4.78 is 12.3. The summed E-state index contributed by atoms with van der Waals surface area (Å²) in [6.45, 7) is 9.27. The van der Waals surface area contributed by atoms with Gasteiger partial charge in [-0.15, -0.1) is 0 Å². The van der Waals surface area contributed by atoms with Gasteiger partial charge in [0.1, 0.15) is 5.75 Å². The van der Waals surface area contributed by atoms with E-state index in [0.29, 0.717) is 11.6 Å². The van der Waals surface area contributed by atoms with Crippen LogP contribution in [0.4, 0.5) is 5.69 Å². The van der Waals surface area contributed by atoms with E-state index < -0.39 is 6.29 Å². The van der Waals surface area contributed by atoms with Crippen LogP contribution >= 0.6 is 11.6 Å². The Morgan fingerprint density at radius 1 is 1.19 bits per heavy atom. The number of fused-ring (bicyclic) bond motifs is 5. The van der Waals surface area contributed by atoms with Gasteiger partial charge >= 0.3 is 0 Å². The first kappa shape index (κ1) is 17.4. The molecular formula is C22H24ClNO2. The SMILES string of the molecule is CCCO[C@@H]1Oc2ccc(Cl)cc2-c2ccc3c(c21)C(C)=CC(C)(C)N3. The van der Waals surface area contributed by atoms with E-state index >= 15 is 0 Å². The number of benzene rings is 2. The zero-order valence-corrected chi connectivity index (χ0v) is 16.4. The maximum atomic E-state index is 6.26. The lowest BCUT2D eigenvalue weighted by atomic mass is 9.84. The molecule has 0 radical (unpaired) electrons.